The fourth-order valence-electron chi connectivity index (χ4n) is 2.43. The van der Waals surface area contributed by atoms with Crippen LogP contribution in [0.5, 0.6) is 0 Å². The Bertz CT molecular complexity index is 760. The van der Waals surface area contributed by atoms with Crippen molar-refractivity contribution in [2.75, 3.05) is 11.9 Å². The van der Waals surface area contributed by atoms with Crippen molar-refractivity contribution in [3.05, 3.63) is 58.8 Å². The zero-order chi connectivity index (χ0) is 16.1. The Morgan fingerprint density at radius 1 is 1.17 bits per heavy atom. The number of fused-ring (bicyclic) bond motifs is 1. The molecule has 0 spiro atoms. The van der Waals surface area contributed by atoms with E-state index in [-0.39, 0.29) is 6.10 Å². The number of anilines is 1. The second kappa shape index (κ2) is 7.57. The minimum Gasteiger partial charge on any atom is -0.393 e. The fraction of sp³-hybridized carbons (Fsp3) is 0.294. The third kappa shape index (κ3) is 4.30. The van der Waals surface area contributed by atoms with Crippen LogP contribution in [0.2, 0.25) is 0 Å². The molecule has 0 aliphatic heterocycles. The summed E-state index contributed by atoms with van der Waals surface area (Å²) in [5, 5.41) is 17.5. The quantitative estimate of drug-likeness (QED) is 0.665. The highest BCUT2D eigenvalue weighted by molar-refractivity contribution is 9.10. The molecule has 120 valence electrons. The third-order valence-electron chi connectivity index (χ3n) is 3.72. The molecular weight excluding hydrogens is 356 g/mol. The van der Waals surface area contributed by atoms with E-state index in [0.29, 0.717) is 13.0 Å². The Balaban J connectivity index is 1.45. The number of rotatable bonds is 7. The van der Waals surface area contributed by atoms with Gasteiger partial charge >= 0.3 is 0 Å². The van der Waals surface area contributed by atoms with Crippen molar-refractivity contribution in [1.82, 2.24) is 14.6 Å². The molecule has 2 N–H and O–H groups in total. The zero-order valence-electron chi connectivity index (χ0n) is 12.7. The highest BCUT2D eigenvalue weighted by atomic mass is 79.9. The molecule has 5 nitrogen and oxygen atoms in total. The molecule has 3 rings (SSSR count). The maximum atomic E-state index is 10.1. The van der Waals surface area contributed by atoms with Crippen LogP contribution >= 0.6 is 15.9 Å². The first-order valence-electron chi connectivity index (χ1n) is 7.68. The first kappa shape index (κ1) is 16.0. The number of hydrogen-bond acceptors (Lipinski definition) is 4. The Hall–Kier alpha value is -1.92. The summed E-state index contributed by atoms with van der Waals surface area (Å²) in [5.41, 5.74) is 2.04. The van der Waals surface area contributed by atoms with Crippen LogP contribution in [-0.4, -0.2) is 32.4 Å². The molecule has 0 radical (unpaired) electrons. The second-order valence-corrected chi connectivity index (χ2v) is 6.32. The van der Waals surface area contributed by atoms with Gasteiger partial charge in [0.1, 0.15) is 5.82 Å². The molecule has 23 heavy (non-hydrogen) atoms. The van der Waals surface area contributed by atoms with E-state index in [0.717, 1.165) is 28.8 Å². The molecule has 0 saturated heterocycles. The lowest BCUT2D eigenvalue weighted by Gasteiger charge is -2.11. The van der Waals surface area contributed by atoms with Crippen LogP contribution in [0.15, 0.2) is 53.3 Å². The third-order valence-corrected chi connectivity index (χ3v) is 4.28. The Morgan fingerprint density at radius 3 is 2.83 bits per heavy atom. The van der Waals surface area contributed by atoms with Gasteiger partial charge in [-0.15, -0.1) is 0 Å². The number of nitrogens with one attached hydrogen (secondary N) is 1. The molecule has 1 aromatic carbocycles. The zero-order valence-corrected chi connectivity index (χ0v) is 14.3. The first-order valence-corrected chi connectivity index (χ1v) is 8.47. The normalized spacial score (nSPS) is 12.4. The highest BCUT2D eigenvalue weighted by Crippen LogP contribution is 2.17. The maximum Gasteiger partial charge on any atom is 0.171 e. The summed E-state index contributed by atoms with van der Waals surface area (Å²) in [5.74, 6) is 0.786. The summed E-state index contributed by atoms with van der Waals surface area (Å²) in [6.07, 6.45) is 5.63. The largest absolute Gasteiger partial charge is 0.393 e. The fourth-order valence-corrected chi connectivity index (χ4v) is 2.79. The van der Waals surface area contributed by atoms with Crippen molar-refractivity contribution >= 4 is 27.4 Å². The number of halogens is 1. The number of aryl methyl sites for hydroxylation is 1. The molecule has 0 fully saturated rings. The van der Waals surface area contributed by atoms with Gasteiger partial charge in [0.05, 0.1) is 16.8 Å². The Kier molecular flexibility index (Phi) is 5.25. The highest BCUT2D eigenvalue weighted by Gasteiger charge is 2.06. The number of benzene rings is 1. The van der Waals surface area contributed by atoms with E-state index in [9.17, 15) is 5.11 Å². The van der Waals surface area contributed by atoms with Gasteiger partial charge in [-0.3, -0.25) is 0 Å². The number of aliphatic hydroxyl groups excluding tert-OH is 1. The van der Waals surface area contributed by atoms with Crippen molar-refractivity contribution in [1.29, 1.82) is 0 Å². The van der Waals surface area contributed by atoms with Gasteiger partial charge in [-0.1, -0.05) is 30.3 Å². The van der Waals surface area contributed by atoms with Crippen LogP contribution < -0.4 is 5.32 Å². The molecule has 3 aromatic rings. The van der Waals surface area contributed by atoms with Crippen LogP contribution in [0.4, 0.5) is 5.82 Å². The average Bonchev–Trinajstić information content (AvgIpc) is 2.95. The van der Waals surface area contributed by atoms with E-state index >= 15 is 0 Å². The minimum absolute atomic E-state index is 0.312. The average molecular weight is 375 g/mol. The van der Waals surface area contributed by atoms with Crippen LogP contribution in [0.25, 0.3) is 5.65 Å². The van der Waals surface area contributed by atoms with Crippen molar-refractivity contribution in [2.24, 2.45) is 0 Å². The molecule has 0 bridgehead atoms. The molecule has 6 heteroatoms. The van der Waals surface area contributed by atoms with Crippen LogP contribution in [-0.2, 0) is 6.42 Å². The summed E-state index contributed by atoms with van der Waals surface area (Å²) >= 11 is 3.42. The van der Waals surface area contributed by atoms with Crippen LogP contribution in [0.3, 0.4) is 0 Å². The number of aromatic nitrogens is 3. The summed E-state index contributed by atoms with van der Waals surface area (Å²) in [4.78, 5) is 4.49. The van der Waals surface area contributed by atoms with E-state index in [4.69, 9.17) is 0 Å². The molecule has 0 aliphatic rings. The van der Waals surface area contributed by atoms with E-state index in [1.807, 2.05) is 30.5 Å². The van der Waals surface area contributed by atoms with Gasteiger partial charge in [0, 0.05) is 12.7 Å². The SMILES string of the molecule is OC(CCNc1ccn2ncc(Br)c2n1)CCc1ccccc1. The van der Waals surface area contributed by atoms with Gasteiger partial charge < -0.3 is 10.4 Å². The summed E-state index contributed by atoms with van der Waals surface area (Å²) < 4.78 is 2.58. The van der Waals surface area contributed by atoms with Crippen LogP contribution in [0.1, 0.15) is 18.4 Å². The lowest BCUT2D eigenvalue weighted by molar-refractivity contribution is 0.159. The first-order chi connectivity index (χ1) is 11.2. The molecule has 0 aliphatic carbocycles. The van der Waals surface area contributed by atoms with Crippen LogP contribution in [0, 0.1) is 0 Å². The molecule has 2 aromatic heterocycles. The summed E-state index contributed by atoms with van der Waals surface area (Å²) in [7, 11) is 0. The Labute approximate surface area is 143 Å². The van der Waals surface area contributed by atoms with E-state index in [1.165, 1.54) is 5.56 Å². The van der Waals surface area contributed by atoms with Crippen molar-refractivity contribution < 1.29 is 5.11 Å². The summed E-state index contributed by atoms with van der Waals surface area (Å²) in [6.45, 7) is 0.685. The Morgan fingerprint density at radius 2 is 2.00 bits per heavy atom. The monoisotopic (exact) mass is 374 g/mol. The number of hydrogen-bond donors (Lipinski definition) is 2. The van der Waals surface area contributed by atoms with Gasteiger partial charge in [-0.2, -0.15) is 5.10 Å². The van der Waals surface area contributed by atoms with E-state index in [2.05, 4.69) is 43.5 Å². The molecule has 0 saturated carbocycles. The summed E-state index contributed by atoms with van der Waals surface area (Å²) in [6, 6.07) is 12.1. The number of aliphatic hydroxyl groups is 1. The van der Waals surface area contributed by atoms with Gasteiger partial charge in [-0.05, 0) is 46.8 Å². The van der Waals surface area contributed by atoms with Gasteiger partial charge in [0.25, 0.3) is 0 Å². The molecule has 1 atom stereocenters. The topological polar surface area (TPSA) is 62.5 Å². The molecule has 1 unspecified atom stereocenters. The molecule has 0 amide bonds. The predicted molar refractivity (Wildman–Crippen MR) is 94.6 cm³/mol. The van der Waals surface area contributed by atoms with E-state index in [1.54, 1.807) is 10.7 Å². The van der Waals surface area contributed by atoms with Gasteiger partial charge in [0.15, 0.2) is 5.65 Å². The maximum absolute atomic E-state index is 10.1. The second-order valence-electron chi connectivity index (χ2n) is 5.47. The van der Waals surface area contributed by atoms with E-state index < -0.39 is 0 Å². The van der Waals surface area contributed by atoms with Gasteiger partial charge in [-0.25, -0.2) is 9.50 Å². The standard InChI is InChI=1S/C17H19BrN4O/c18-15-12-20-22-11-9-16(21-17(15)22)19-10-8-14(23)7-6-13-4-2-1-3-5-13/h1-5,9,11-12,14,23H,6-8,10H2,(H,19,21). The van der Waals surface area contributed by atoms with Gasteiger partial charge in [0.2, 0.25) is 0 Å². The number of nitrogens with zero attached hydrogens (tertiary/aromatic N) is 3. The van der Waals surface area contributed by atoms with Crippen molar-refractivity contribution in [3.63, 3.8) is 0 Å². The van der Waals surface area contributed by atoms with Crippen molar-refractivity contribution in [3.8, 4) is 0 Å². The smallest absolute Gasteiger partial charge is 0.171 e. The minimum atomic E-state index is -0.312. The molecule has 2 heterocycles. The lowest BCUT2D eigenvalue weighted by Crippen LogP contribution is -2.15. The lowest BCUT2D eigenvalue weighted by atomic mass is 10.1. The molecular formula is C17H19BrN4O. The predicted octanol–water partition coefficient (Wildman–Crippen LogP) is 3.29. The van der Waals surface area contributed by atoms with Crippen molar-refractivity contribution in [2.45, 2.75) is 25.4 Å².